The molecule has 3 aromatic rings. The molecule has 0 radical (unpaired) electrons. The third-order valence-electron chi connectivity index (χ3n) is 6.83. The van der Waals surface area contributed by atoms with E-state index in [1.54, 1.807) is 53.5 Å². The molecule has 40 heavy (non-hydrogen) atoms. The number of ether oxygens (including phenoxy) is 4. The van der Waals surface area contributed by atoms with Gasteiger partial charge >= 0.3 is 6.03 Å². The van der Waals surface area contributed by atoms with Crippen LogP contribution >= 0.6 is 0 Å². The summed E-state index contributed by atoms with van der Waals surface area (Å²) in [5.74, 6) is 2.46. The van der Waals surface area contributed by atoms with Crippen molar-refractivity contribution in [1.29, 1.82) is 0 Å². The van der Waals surface area contributed by atoms with Crippen LogP contribution in [0.25, 0.3) is 0 Å². The monoisotopic (exact) mass is 550 g/mol. The van der Waals surface area contributed by atoms with E-state index in [1.807, 2.05) is 24.3 Å². The zero-order valence-corrected chi connectivity index (χ0v) is 22.5. The van der Waals surface area contributed by atoms with Crippen molar-refractivity contribution < 1.29 is 33.0 Å². The molecule has 3 heterocycles. The molecule has 2 aliphatic heterocycles. The molecule has 3 amide bonds. The second-order valence-electron chi connectivity index (χ2n) is 9.55. The lowest BCUT2D eigenvalue weighted by molar-refractivity contribution is -0.133. The predicted octanol–water partition coefficient (Wildman–Crippen LogP) is 3.41. The van der Waals surface area contributed by atoms with Crippen LogP contribution in [0.4, 0.5) is 10.5 Å². The predicted molar refractivity (Wildman–Crippen MR) is 146 cm³/mol. The van der Waals surface area contributed by atoms with Crippen LogP contribution in [0.2, 0.25) is 0 Å². The van der Waals surface area contributed by atoms with E-state index in [2.05, 4.69) is 10.2 Å². The molecule has 2 aliphatic rings. The summed E-state index contributed by atoms with van der Waals surface area (Å²) >= 11 is 0. The zero-order chi connectivity index (χ0) is 27.7. The number of carbonyl (C=O) groups excluding carboxylic acids is 2. The van der Waals surface area contributed by atoms with Gasteiger partial charge < -0.3 is 38.5 Å². The smallest absolute Gasteiger partial charge is 0.322 e. The molecule has 0 unspecified atom stereocenters. The van der Waals surface area contributed by atoms with Crippen LogP contribution in [0.3, 0.4) is 0 Å². The molecule has 0 aliphatic carbocycles. The van der Waals surface area contributed by atoms with Crippen molar-refractivity contribution in [2.24, 2.45) is 0 Å². The summed E-state index contributed by atoms with van der Waals surface area (Å²) in [6.07, 6.45) is 1.58. The molecule has 11 heteroatoms. The van der Waals surface area contributed by atoms with Crippen LogP contribution in [0.15, 0.2) is 65.3 Å². The minimum absolute atomic E-state index is 0.0996. The molecule has 0 saturated carbocycles. The highest BCUT2D eigenvalue weighted by atomic mass is 16.7. The second-order valence-corrected chi connectivity index (χ2v) is 9.55. The molecule has 0 bridgehead atoms. The molecular weight excluding hydrogens is 516 g/mol. The maximum Gasteiger partial charge on any atom is 0.322 e. The van der Waals surface area contributed by atoms with Gasteiger partial charge in [-0.3, -0.25) is 9.69 Å². The number of nitrogens with zero attached hydrogens (tertiary/aromatic N) is 3. The number of methoxy groups -OCH3 is 1. The van der Waals surface area contributed by atoms with E-state index in [-0.39, 0.29) is 31.8 Å². The minimum atomic E-state index is -0.354. The molecule has 11 nitrogen and oxygen atoms in total. The van der Waals surface area contributed by atoms with Crippen molar-refractivity contribution >= 4 is 17.6 Å². The number of urea groups is 1. The van der Waals surface area contributed by atoms with Gasteiger partial charge in [0.25, 0.3) is 0 Å². The maximum absolute atomic E-state index is 13.8. The number of amides is 3. The average Bonchev–Trinajstić information content (AvgIpc) is 3.67. The van der Waals surface area contributed by atoms with E-state index in [1.165, 1.54) is 0 Å². The summed E-state index contributed by atoms with van der Waals surface area (Å²) in [6.45, 7) is 4.55. The van der Waals surface area contributed by atoms with E-state index in [0.717, 1.165) is 18.7 Å². The molecule has 0 spiro atoms. The van der Waals surface area contributed by atoms with Gasteiger partial charge in [-0.25, -0.2) is 4.79 Å². The quantitative estimate of drug-likeness (QED) is 0.387. The van der Waals surface area contributed by atoms with Gasteiger partial charge in [0.2, 0.25) is 12.7 Å². The third kappa shape index (κ3) is 7.25. The number of fused-ring (bicyclic) bond motifs is 1. The van der Waals surface area contributed by atoms with Crippen molar-refractivity contribution in [2.45, 2.75) is 13.1 Å². The Labute approximate surface area is 233 Å². The number of morpholine rings is 1. The highest BCUT2D eigenvalue weighted by molar-refractivity contribution is 5.92. The first-order valence-corrected chi connectivity index (χ1v) is 13.3. The topological polar surface area (TPSA) is 106 Å². The van der Waals surface area contributed by atoms with Crippen LogP contribution in [0.1, 0.15) is 11.3 Å². The normalized spacial score (nSPS) is 14.5. The molecule has 0 atom stereocenters. The minimum Gasteiger partial charge on any atom is -0.497 e. The molecule has 212 valence electrons. The lowest BCUT2D eigenvalue weighted by Crippen LogP contribution is -2.48. The van der Waals surface area contributed by atoms with Crippen molar-refractivity contribution in [2.75, 3.05) is 65.2 Å². The van der Waals surface area contributed by atoms with E-state index < -0.39 is 0 Å². The molecular formula is C29H34N4O7. The maximum atomic E-state index is 13.8. The van der Waals surface area contributed by atoms with Gasteiger partial charge in [0.15, 0.2) is 11.5 Å². The van der Waals surface area contributed by atoms with Crippen LogP contribution in [-0.4, -0.2) is 86.5 Å². The molecule has 1 saturated heterocycles. The molecule has 1 aromatic heterocycles. The summed E-state index contributed by atoms with van der Waals surface area (Å²) in [7, 11) is 1.59. The standard InChI is InChI=1S/C29H34N4O7/c1-36-24-7-5-23(6-8-24)30-29(35)32(11-10-31-12-15-37-16-13-31)20-28(34)33(19-25-3-2-14-38-25)18-22-4-9-26-27(17-22)40-21-39-26/h2-9,14,17H,10-13,15-16,18-21H2,1H3,(H,30,35). The summed E-state index contributed by atoms with van der Waals surface area (Å²) in [5, 5.41) is 2.92. The lowest BCUT2D eigenvalue weighted by atomic mass is 10.2. The SMILES string of the molecule is COc1ccc(NC(=O)N(CCN2CCOCC2)CC(=O)N(Cc2ccc3c(c2)OCO3)Cc2ccco2)cc1. The van der Waals surface area contributed by atoms with E-state index in [9.17, 15) is 9.59 Å². The fourth-order valence-corrected chi connectivity index (χ4v) is 4.56. The Hall–Kier alpha value is -4.22. The third-order valence-corrected chi connectivity index (χ3v) is 6.83. The zero-order valence-electron chi connectivity index (χ0n) is 22.5. The summed E-state index contributed by atoms with van der Waals surface area (Å²) in [4.78, 5) is 32.7. The van der Waals surface area contributed by atoms with E-state index in [4.69, 9.17) is 23.4 Å². The summed E-state index contributed by atoms with van der Waals surface area (Å²) in [5.41, 5.74) is 1.49. The van der Waals surface area contributed by atoms with Crippen LogP contribution in [0.5, 0.6) is 17.2 Å². The Morgan fingerprint density at radius 1 is 0.975 bits per heavy atom. The Bertz CT molecular complexity index is 1260. The number of benzene rings is 2. The fraction of sp³-hybridized carbons (Fsp3) is 0.379. The van der Waals surface area contributed by atoms with Crippen molar-refractivity contribution in [1.82, 2.24) is 14.7 Å². The van der Waals surface area contributed by atoms with Gasteiger partial charge in [-0.1, -0.05) is 6.07 Å². The second kappa shape index (κ2) is 13.2. The number of hydrogen-bond acceptors (Lipinski definition) is 8. The summed E-state index contributed by atoms with van der Waals surface area (Å²) < 4.78 is 27.1. The number of carbonyl (C=O) groups is 2. The van der Waals surface area contributed by atoms with Crippen LogP contribution in [-0.2, 0) is 22.6 Å². The number of nitrogens with one attached hydrogen (secondary N) is 1. The number of hydrogen-bond donors (Lipinski definition) is 1. The van der Waals surface area contributed by atoms with Gasteiger partial charge in [0.1, 0.15) is 18.1 Å². The van der Waals surface area contributed by atoms with E-state index >= 15 is 0 Å². The number of furan rings is 1. The fourth-order valence-electron chi connectivity index (χ4n) is 4.56. The first kappa shape index (κ1) is 27.4. The molecule has 5 rings (SSSR count). The van der Waals surface area contributed by atoms with Crippen molar-refractivity contribution in [3.63, 3.8) is 0 Å². The van der Waals surface area contributed by atoms with Gasteiger partial charge in [-0.2, -0.15) is 0 Å². The lowest BCUT2D eigenvalue weighted by Gasteiger charge is -2.31. The number of rotatable bonds is 11. The number of anilines is 1. The van der Waals surface area contributed by atoms with E-state index in [0.29, 0.717) is 61.5 Å². The Morgan fingerprint density at radius 2 is 1.77 bits per heavy atom. The van der Waals surface area contributed by atoms with Gasteiger partial charge in [0.05, 0.1) is 33.1 Å². The first-order chi connectivity index (χ1) is 19.6. The van der Waals surface area contributed by atoms with Crippen molar-refractivity contribution in [3.05, 3.63) is 72.2 Å². The average molecular weight is 551 g/mol. The van der Waals surface area contributed by atoms with Crippen LogP contribution in [0, 0.1) is 0 Å². The molecule has 2 aromatic carbocycles. The highest BCUT2D eigenvalue weighted by Crippen LogP contribution is 2.33. The Morgan fingerprint density at radius 3 is 2.52 bits per heavy atom. The molecule has 1 fully saturated rings. The van der Waals surface area contributed by atoms with Gasteiger partial charge in [-0.15, -0.1) is 0 Å². The Kier molecular flexibility index (Phi) is 9.04. The first-order valence-electron chi connectivity index (χ1n) is 13.3. The van der Waals surface area contributed by atoms with Crippen LogP contribution < -0.4 is 19.5 Å². The largest absolute Gasteiger partial charge is 0.497 e. The highest BCUT2D eigenvalue weighted by Gasteiger charge is 2.24. The van der Waals surface area contributed by atoms with Gasteiger partial charge in [0, 0.05) is 38.4 Å². The van der Waals surface area contributed by atoms with Crippen molar-refractivity contribution in [3.8, 4) is 17.2 Å². The summed E-state index contributed by atoms with van der Waals surface area (Å²) in [6, 6.07) is 16.0. The van der Waals surface area contributed by atoms with Gasteiger partial charge in [-0.05, 0) is 54.1 Å². The Balaban J connectivity index is 1.31. The molecule has 1 N–H and O–H groups in total.